The molecule has 0 aliphatic heterocycles. The predicted octanol–water partition coefficient (Wildman–Crippen LogP) is 2.39. The zero-order chi connectivity index (χ0) is 9.42. The van der Waals surface area contributed by atoms with Crippen molar-refractivity contribution in [1.29, 1.82) is 0 Å². The van der Waals surface area contributed by atoms with Crippen molar-refractivity contribution in [3.8, 4) is 0 Å². The first-order chi connectivity index (χ1) is 6.16. The molecule has 0 radical (unpaired) electrons. The molecule has 2 rings (SSSR count). The number of nitrogens with zero attached hydrogens (tertiary/aromatic N) is 2. The van der Waals surface area contributed by atoms with Gasteiger partial charge in [0.1, 0.15) is 5.82 Å². The molecule has 2 nitrogen and oxygen atoms in total. The number of aryl methyl sites for hydroxylation is 2. The van der Waals surface area contributed by atoms with E-state index in [1.807, 2.05) is 6.92 Å². The van der Waals surface area contributed by atoms with Crippen molar-refractivity contribution in [1.82, 2.24) is 9.97 Å². The second-order valence-electron chi connectivity index (χ2n) is 3.10. The van der Waals surface area contributed by atoms with Gasteiger partial charge in [0.15, 0.2) is 0 Å². The molecule has 3 heteroatoms. The van der Waals surface area contributed by atoms with Crippen molar-refractivity contribution < 1.29 is 4.39 Å². The van der Waals surface area contributed by atoms with Gasteiger partial charge in [0, 0.05) is 12.3 Å². The summed E-state index contributed by atoms with van der Waals surface area (Å²) in [6.45, 7) is 3.59. The Morgan fingerprint density at radius 3 is 2.69 bits per heavy atom. The largest absolute Gasteiger partial charge is 0.253 e. The van der Waals surface area contributed by atoms with E-state index in [4.69, 9.17) is 0 Å². The number of halogens is 1. The molecule has 0 saturated carbocycles. The third-order valence-corrected chi connectivity index (χ3v) is 1.94. The van der Waals surface area contributed by atoms with Gasteiger partial charge in [-0.05, 0) is 25.5 Å². The minimum Gasteiger partial charge on any atom is -0.253 e. The molecule has 0 spiro atoms. The van der Waals surface area contributed by atoms with E-state index in [9.17, 15) is 4.39 Å². The van der Waals surface area contributed by atoms with E-state index >= 15 is 0 Å². The summed E-state index contributed by atoms with van der Waals surface area (Å²) < 4.78 is 13.1. The fourth-order valence-corrected chi connectivity index (χ4v) is 1.23. The summed E-state index contributed by atoms with van der Waals surface area (Å²) in [5.41, 5.74) is 2.80. The average molecular weight is 176 g/mol. The summed E-state index contributed by atoms with van der Waals surface area (Å²) in [7, 11) is 0. The summed E-state index contributed by atoms with van der Waals surface area (Å²) in [6.07, 6.45) is 1.64. The van der Waals surface area contributed by atoms with Crippen molar-refractivity contribution in [3.05, 3.63) is 35.4 Å². The zero-order valence-corrected chi connectivity index (χ0v) is 7.50. The maximum absolute atomic E-state index is 13.1. The molecule has 0 bridgehead atoms. The Hall–Kier alpha value is -1.51. The van der Waals surface area contributed by atoms with Gasteiger partial charge < -0.3 is 0 Å². The number of hydrogen-bond donors (Lipinski definition) is 0. The van der Waals surface area contributed by atoms with Crippen LogP contribution >= 0.6 is 0 Å². The Morgan fingerprint density at radius 1 is 1.15 bits per heavy atom. The SMILES string of the molecule is Cc1cnc2cc(F)c(C)cc2n1. The molecule has 0 atom stereocenters. The van der Waals surface area contributed by atoms with Gasteiger partial charge in [-0.2, -0.15) is 0 Å². The van der Waals surface area contributed by atoms with Crippen LogP contribution in [-0.4, -0.2) is 9.97 Å². The van der Waals surface area contributed by atoms with Crippen LogP contribution in [0, 0.1) is 19.7 Å². The first kappa shape index (κ1) is 8.10. The lowest BCUT2D eigenvalue weighted by Crippen LogP contribution is -1.90. The highest BCUT2D eigenvalue weighted by atomic mass is 19.1. The minimum atomic E-state index is -0.231. The topological polar surface area (TPSA) is 25.8 Å². The molecule has 1 aromatic carbocycles. The van der Waals surface area contributed by atoms with Gasteiger partial charge in [-0.25, -0.2) is 9.37 Å². The van der Waals surface area contributed by atoms with Gasteiger partial charge in [0.2, 0.25) is 0 Å². The number of hydrogen-bond acceptors (Lipinski definition) is 2. The van der Waals surface area contributed by atoms with E-state index < -0.39 is 0 Å². The molecule has 66 valence electrons. The van der Waals surface area contributed by atoms with Crippen molar-refractivity contribution >= 4 is 11.0 Å². The second kappa shape index (κ2) is 2.76. The van der Waals surface area contributed by atoms with Gasteiger partial charge in [0.05, 0.1) is 16.7 Å². The zero-order valence-electron chi connectivity index (χ0n) is 7.50. The van der Waals surface area contributed by atoms with E-state index in [2.05, 4.69) is 9.97 Å². The third-order valence-electron chi connectivity index (χ3n) is 1.94. The van der Waals surface area contributed by atoms with Crippen LogP contribution in [0.2, 0.25) is 0 Å². The molecule has 0 fully saturated rings. The summed E-state index contributed by atoms with van der Waals surface area (Å²) in [4.78, 5) is 8.33. The predicted molar refractivity (Wildman–Crippen MR) is 49.0 cm³/mol. The maximum Gasteiger partial charge on any atom is 0.128 e. The highest BCUT2D eigenvalue weighted by molar-refractivity contribution is 5.74. The van der Waals surface area contributed by atoms with E-state index in [0.29, 0.717) is 11.1 Å². The minimum absolute atomic E-state index is 0.231. The Labute approximate surface area is 75.4 Å². The van der Waals surface area contributed by atoms with Crippen LogP contribution in [0.4, 0.5) is 4.39 Å². The smallest absolute Gasteiger partial charge is 0.128 e. The number of benzene rings is 1. The molecular formula is C10H9FN2. The molecule has 0 unspecified atom stereocenters. The quantitative estimate of drug-likeness (QED) is 0.616. The summed E-state index contributed by atoms with van der Waals surface area (Å²) >= 11 is 0. The molecule has 0 amide bonds. The van der Waals surface area contributed by atoms with Gasteiger partial charge in [-0.1, -0.05) is 0 Å². The molecule has 2 aromatic rings. The van der Waals surface area contributed by atoms with Gasteiger partial charge in [-0.15, -0.1) is 0 Å². The second-order valence-corrected chi connectivity index (χ2v) is 3.10. The molecular weight excluding hydrogens is 167 g/mol. The van der Waals surface area contributed by atoms with Crippen LogP contribution in [0.15, 0.2) is 18.3 Å². The van der Waals surface area contributed by atoms with E-state index in [-0.39, 0.29) is 5.82 Å². The normalized spacial score (nSPS) is 10.7. The summed E-state index contributed by atoms with van der Waals surface area (Å²) in [6, 6.07) is 3.13. The molecule has 0 saturated heterocycles. The van der Waals surface area contributed by atoms with Crippen molar-refractivity contribution in [3.63, 3.8) is 0 Å². The van der Waals surface area contributed by atoms with E-state index in [1.165, 1.54) is 6.07 Å². The van der Waals surface area contributed by atoms with Gasteiger partial charge in [-0.3, -0.25) is 4.98 Å². The Morgan fingerprint density at radius 2 is 1.92 bits per heavy atom. The molecule has 0 aliphatic rings. The Kier molecular flexibility index (Phi) is 1.72. The highest BCUT2D eigenvalue weighted by Gasteiger charge is 2.02. The Bertz CT molecular complexity index is 466. The van der Waals surface area contributed by atoms with Crippen molar-refractivity contribution in [2.45, 2.75) is 13.8 Å². The summed E-state index contributed by atoms with van der Waals surface area (Å²) in [5, 5.41) is 0. The summed E-state index contributed by atoms with van der Waals surface area (Å²) in [5.74, 6) is -0.231. The molecule has 0 aliphatic carbocycles. The van der Waals surface area contributed by atoms with Crippen LogP contribution in [0.3, 0.4) is 0 Å². The third kappa shape index (κ3) is 1.37. The number of aromatic nitrogens is 2. The first-order valence-electron chi connectivity index (χ1n) is 4.06. The number of fused-ring (bicyclic) bond motifs is 1. The van der Waals surface area contributed by atoms with Crippen LogP contribution in [-0.2, 0) is 0 Å². The van der Waals surface area contributed by atoms with Crippen LogP contribution in [0.25, 0.3) is 11.0 Å². The highest BCUT2D eigenvalue weighted by Crippen LogP contribution is 2.14. The monoisotopic (exact) mass is 176 g/mol. The lowest BCUT2D eigenvalue weighted by molar-refractivity contribution is 0.620. The maximum atomic E-state index is 13.1. The molecule has 13 heavy (non-hydrogen) atoms. The van der Waals surface area contributed by atoms with Crippen molar-refractivity contribution in [2.24, 2.45) is 0 Å². The fourth-order valence-electron chi connectivity index (χ4n) is 1.23. The van der Waals surface area contributed by atoms with Crippen LogP contribution in [0.5, 0.6) is 0 Å². The van der Waals surface area contributed by atoms with Gasteiger partial charge >= 0.3 is 0 Å². The van der Waals surface area contributed by atoms with Crippen LogP contribution < -0.4 is 0 Å². The lowest BCUT2D eigenvalue weighted by Gasteiger charge is -2.00. The molecule has 0 N–H and O–H groups in total. The van der Waals surface area contributed by atoms with Gasteiger partial charge in [0.25, 0.3) is 0 Å². The standard InChI is InChI=1S/C10H9FN2/c1-6-3-10-9(4-8(6)11)12-5-7(2)13-10/h3-5H,1-2H3. The average Bonchev–Trinajstić information content (AvgIpc) is 2.08. The molecule has 1 aromatic heterocycles. The van der Waals surface area contributed by atoms with E-state index in [0.717, 1.165) is 11.2 Å². The first-order valence-corrected chi connectivity index (χ1v) is 4.06. The van der Waals surface area contributed by atoms with Crippen molar-refractivity contribution in [2.75, 3.05) is 0 Å². The number of rotatable bonds is 0. The Balaban J connectivity index is 2.81. The van der Waals surface area contributed by atoms with Crippen LogP contribution in [0.1, 0.15) is 11.3 Å². The molecule has 1 heterocycles. The fraction of sp³-hybridized carbons (Fsp3) is 0.200. The van der Waals surface area contributed by atoms with E-state index in [1.54, 1.807) is 19.2 Å². The lowest BCUT2D eigenvalue weighted by atomic mass is 10.2.